The summed E-state index contributed by atoms with van der Waals surface area (Å²) in [4.78, 5) is 0. The average Bonchev–Trinajstić information content (AvgIpc) is 2.33. The normalized spacial score (nSPS) is 11.9. The van der Waals surface area contributed by atoms with Gasteiger partial charge in [0.2, 0.25) is 0 Å². The van der Waals surface area contributed by atoms with Crippen LogP contribution in [0.25, 0.3) is 0 Å². The standard InChI is InChI=1S/C7H13N3O3S/c1-6-5-9-10(7(6)8)3-4-13-14(2,11)12/h5H,3-4,8H2,1-2H3. The van der Waals surface area contributed by atoms with Crippen LogP contribution >= 0.6 is 0 Å². The summed E-state index contributed by atoms with van der Waals surface area (Å²) < 4.78 is 27.3. The summed E-state index contributed by atoms with van der Waals surface area (Å²) in [6.07, 6.45) is 2.63. The fourth-order valence-corrected chi connectivity index (χ4v) is 1.32. The Morgan fingerprint density at radius 1 is 1.64 bits per heavy atom. The van der Waals surface area contributed by atoms with Crippen LogP contribution in [0.1, 0.15) is 5.56 Å². The van der Waals surface area contributed by atoms with Crippen LogP contribution in [-0.4, -0.2) is 31.1 Å². The van der Waals surface area contributed by atoms with E-state index in [9.17, 15) is 8.42 Å². The molecule has 0 saturated heterocycles. The van der Waals surface area contributed by atoms with Crippen molar-refractivity contribution >= 4 is 15.9 Å². The van der Waals surface area contributed by atoms with E-state index < -0.39 is 10.1 Å². The molecule has 0 aliphatic heterocycles. The second-order valence-electron chi connectivity index (χ2n) is 2.96. The molecule has 0 aliphatic carbocycles. The van der Waals surface area contributed by atoms with E-state index in [0.29, 0.717) is 12.4 Å². The van der Waals surface area contributed by atoms with Crippen LogP contribution in [-0.2, 0) is 20.8 Å². The maximum Gasteiger partial charge on any atom is 0.264 e. The molecule has 2 N–H and O–H groups in total. The number of nitrogens with zero attached hydrogens (tertiary/aromatic N) is 2. The van der Waals surface area contributed by atoms with Crippen LogP contribution in [0.2, 0.25) is 0 Å². The summed E-state index contributed by atoms with van der Waals surface area (Å²) in [5.74, 6) is 0.530. The lowest BCUT2D eigenvalue weighted by molar-refractivity contribution is 0.298. The topological polar surface area (TPSA) is 87.2 Å². The maximum absolute atomic E-state index is 10.6. The molecule has 0 aromatic carbocycles. The van der Waals surface area contributed by atoms with Gasteiger partial charge in [0.05, 0.1) is 25.6 Å². The summed E-state index contributed by atoms with van der Waals surface area (Å²) in [5, 5.41) is 3.95. The number of nitrogen functional groups attached to an aromatic ring is 1. The van der Waals surface area contributed by atoms with E-state index in [1.807, 2.05) is 6.92 Å². The fourth-order valence-electron chi connectivity index (χ4n) is 0.941. The van der Waals surface area contributed by atoms with Crippen molar-refractivity contribution in [2.75, 3.05) is 18.6 Å². The van der Waals surface area contributed by atoms with E-state index >= 15 is 0 Å². The smallest absolute Gasteiger partial charge is 0.264 e. The Kier molecular flexibility index (Phi) is 3.12. The summed E-state index contributed by atoms with van der Waals surface area (Å²) in [6.45, 7) is 2.20. The van der Waals surface area contributed by atoms with Crippen molar-refractivity contribution in [1.29, 1.82) is 0 Å². The van der Waals surface area contributed by atoms with E-state index in [2.05, 4.69) is 9.28 Å². The Bertz CT molecular complexity index is 410. The zero-order valence-corrected chi connectivity index (χ0v) is 8.91. The predicted molar refractivity (Wildman–Crippen MR) is 52.2 cm³/mol. The lowest BCUT2D eigenvalue weighted by atomic mass is 10.4. The second kappa shape index (κ2) is 3.97. The zero-order chi connectivity index (χ0) is 10.8. The number of rotatable bonds is 4. The van der Waals surface area contributed by atoms with Gasteiger partial charge in [0, 0.05) is 5.56 Å². The lowest BCUT2D eigenvalue weighted by Crippen LogP contribution is -2.13. The lowest BCUT2D eigenvalue weighted by Gasteiger charge is -2.03. The van der Waals surface area contributed by atoms with Crippen LogP contribution in [0.5, 0.6) is 0 Å². The summed E-state index contributed by atoms with van der Waals surface area (Å²) in [6, 6.07) is 0. The molecule has 0 saturated carbocycles. The van der Waals surface area contributed by atoms with Crippen LogP contribution in [0.3, 0.4) is 0 Å². The van der Waals surface area contributed by atoms with Gasteiger partial charge in [-0.25, -0.2) is 4.68 Å². The average molecular weight is 219 g/mol. The van der Waals surface area contributed by atoms with Crippen molar-refractivity contribution in [1.82, 2.24) is 9.78 Å². The minimum absolute atomic E-state index is 0.0458. The molecule has 1 heterocycles. The Balaban J connectivity index is 2.51. The first-order valence-electron chi connectivity index (χ1n) is 4.02. The van der Waals surface area contributed by atoms with E-state index in [1.54, 1.807) is 6.20 Å². The zero-order valence-electron chi connectivity index (χ0n) is 8.10. The van der Waals surface area contributed by atoms with Gasteiger partial charge in [0.1, 0.15) is 5.82 Å². The van der Waals surface area contributed by atoms with Gasteiger partial charge < -0.3 is 5.73 Å². The first kappa shape index (κ1) is 11.0. The molecule has 1 aromatic heterocycles. The van der Waals surface area contributed by atoms with E-state index in [0.717, 1.165) is 11.8 Å². The highest BCUT2D eigenvalue weighted by Gasteiger charge is 2.05. The minimum Gasteiger partial charge on any atom is -0.384 e. The molecule has 14 heavy (non-hydrogen) atoms. The van der Waals surface area contributed by atoms with Gasteiger partial charge in [-0.05, 0) is 6.92 Å². The maximum atomic E-state index is 10.6. The number of hydrogen-bond acceptors (Lipinski definition) is 5. The SMILES string of the molecule is Cc1cnn(CCOS(C)(=O)=O)c1N. The largest absolute Gasteiger partial charge is 0.384 e. The number of anilines is 1. The van der Waals surface area contributed by atoms with Gasteiger partial charge in [-0.1, -0.05) is 0 Å². The van der Waals surface area contributed by atoms with Crippen LogP contribution in [0.4, 0.5) is 5.82 Å². The second-order valence-corrected chi connectivity index (χ2v) is 4.61. The molecule has 0 atom stereocenters. The van der Waals surface area contributed by atoms with Crippen LogP contribution in [0, 0.1) is 6.92 Å². The predicted octanol–water partition coefficient (Wildman–Crippen LogP) is -0.250. The summed E-state index contributed by atoms with van der Waals surface area (Å²) >= 11 is 0. The van der Waals surface area contributed by atoms with Crippen molar-refractivity contribution in [3.63, 3.8) is 0 Å². The molecular weight excluding hydrogens is 206 g/mol. The molecule has 1 rings (SSSR count). The molecule has 80 valence electrons. The molecule has 7 heteroatoms. The third-order valence-corrected chi connectivity index (χ3v) is 2.27. The van der Waals surface area contributed by atoms with Crippen molar-refractivity contribution in [2.24, 2.45) is 0 Å². The van der Waals surface area contributed by atoms with Crippen molar-refractivity contribution in [2.45, 2.75) is 13.5 Å². The molecule has 0 fully saturated rings. The number of aryl methyl sites for hydroxylation is 1. The monoisotopic (exact) mass is 219 g/mol. The van der Waals surface area contributed by atoms with Gasteiger partial charge in [0.15, 0.2) is 0 Å². The first-order chi connectivity index (χ1) is 6.40. The molecule has 0 amide bonds. The van der Waals surface area contributed by atoms with Gasteiger partial charge in [-0.15, -0.1) is 0 Å². The molecular formula is C7H13N3O3S. The van der Waals surface area contributed by atoms with Crippen molar-refractivity contribution in [3.8, 4) is 0 Å². The molecule has 0 radical (unpaired) electrons. The molecule has 6 nitrogen and oxygen atoms in total. The highest BCUT2D eigenvalue weighted by atomic mass is 32.2. The Labute approximate surface area is 82.8 Å². The van der Waals surface area contributed by atoms with E-state index in [1.165, 1.54) is 4.68 Å². The minimum atomic E-state index is -3.38. The Morgan fingerprint density at radius 3 is 2.71 bits per heavy atom. The molecule has 0 aliphatic rings. The van der Waals surface area contributed by atoms with E-state index in [-0.39, 0.29) is 6.61 Å². The number of hydrogen-bond donors (Lipinski definition) is 1. The van der Waals surface area contributed by atoms with Crippen molar-refractivity contribution < 1.29 is 12.6 Å². The molecule has 0 bridgehead atoms. The van der Waals surface area contributed by atoms with Gasteiger partial charge >= 0.3 is 0 Å². The molecule has 0 spiro atoms. The summed E-state index contributed by atoms with van der Waals surface area (Å²) in [7, 11) is -3.38. The van der Waals surface area contributed by atoms with Crippen LogP contribution < -0.4 is 5.73 Å². The Hall–Kier alpha value is -1.08. The van der Waals surface area contributed by atoms with E-state index in [4.69, 9.17) is 5.73 Å². The third kappa shape index (κ3) is 3.00. The van der Waals surface area contributed by atoms with Crippen LogP contribution in [0.15, 0.2) is 6.20 Å². The highest BCUT2D eigenvalue weighted by Crippen LogP contribution is 2.08. The quantitative estimate of drug-likeness (QED) is 0.705. The third-order valence-electron chi connectivity index (χ3n) is 1.67. The van der Waals surface area contributed by atoms with Gasteiger partial charge in [-0.2, -0.15) is 13.5 Å². The number of aromatic nitrogens is 2. The summed E-state index contributed by atoms with van der Waals surface area (Å²) in [5.41, 5.74) is 6.51. The molecule has 1 aromatic rings. The molecule has 0 unspecified atom stereocenters. The van der Waals surface area contributed by atoms with Gasteiger partial charge in [-0.3, -0.25) is 4.18 Å². The highest BCUT2D eigenvalue weighted by molar-refractivity contribution is 7.85. The van der Waals surface area contributed by atoms with Gasteiger partial charge in [0.25, 0.3) is 10.1 Å². The Morgan fingerprint density at radius 2 is 2.29 bits per heavy atom. The first-order valence-corrected chi connectivity index (χ1v) is 5.84. The van der Waals surface area contributed by atoms with Crippen molar-refractivity contribution in [3.05, 3.63) is 11.8 Å². The number of nitrogens with two attached hydrogens (primary N) is 1. The fraction of sp³-hybridized carbons (Fsp3) is 0.571.